The molecule has 1 unspecified atom stereocenters. The molecule has 0 spiro atoms. The number of β-amino-alcohol motifs (C(OH)–C–C–N with tert-alkyl or cyclic N) is 1. The van der Waals surface area contributed by atoms with Crippen molar-refractivity contribution in [3.8, 4) is 5.75 Å². The number of ether oxygens (including phenoxy) is 1. The van der Waals surface area contributed by atoms with Gasteiger partial charge in [-0.05, 0) is 66.9 Å². The Labute approximate surface area is 251 Å². The summed E-state index contributed by atoms with van der Waals surface area (Å²) in [5.41, 5.74) is 0.0565. The van der Waals surface area contributed by atoms with E-state index in [9.17, 15) is 35.9 Å². The van der Waals surface area contributed by atoms with Crippen molar-refractivity contribution in [2.75, 3.05) is 23.9 Å². The summed E-state index contributed by atoms with van der Waals surface area (Å²) in [6.45, 7) is 1.81. The number of benzene rings is 3. The van der Waals surface area contributed by atoms with Crippen LogP contribution in [0.3, 0.4) is 0 Å². The average Bonchev–Trinajstić information content (AvgIpc) is 2.93. The van der Waals surface area contributed by atoms with Gasteiger partial charge in [0.1, 0.15) is 17.7 Å². The number of hydrogen-bond acceptors (Lipinski definition) is 5. The van der Waals surface area contributed by atoms with Crippen LogP contribution >= 0.6 is 11.6 Å². The van der Waals surface area contributed by atoms with Crippen LogP contribution in [0.5, 0.6) is 5.75 Å². The van der Waals surface area contributed by atoms with Gasteiger partial charge in [0.15, 0.2) is 0 Å². The summed E-state index contributed by atoms with van der Waals surface area (Å²) < 4.78 is 89.6. The Morgan fingerprint density at radius 3 is 2.49 bits per heavy atom. The van der Waals surface area contributed by atoms with Crippen molar-refractivity contribution in [3.05, 3.63) is 88.2 Å². The number of alkyl halides is 3. The maximum Gasteiger partial charge on any atom is 0.416 e. The van der Waals surface area contributed by atoms with E-state index < -0.39 is 44.7 Å². The van der Waals surface area contributed by atoms with Crippen LogP contribution in [0.4, 0.5) is 23.2 Å². The number of allylic oxidation sites excluding steroid dienone is 1. The SMILES string of the molecule is CC(=Cc1ccc2c(c1)N(S(=O)(=O)c1cccc(C(F)(F)F)c1)CC(CCC(=O)N1CC(O)C1)O2)c1c(F)cccc1Cl. The standard InChI is InChI=1S/C30H27ClF4N2O5S/c1-18(29-24(31)6-3-7-25(29)32)12-19-8-10-27-26(13-19)37(17-22(42-27)9-11-28(39)36-15-21(38)16-36)43(40,41)23-5-2-4-20(14-23)30(33,34)35/h2-8,10,12-14,21-22,38H,9,11,15-17H2,1H3. The van der Waals surface area contributed by atoms with Crippen molar-refractivity contribution in [1.29, 1.82) is 0 Å². The second-order valence-electron chi connectivity index (χ2n) is 10.4. The van der Waals surface area contributed by atoms with Crippen LogP contribution in [0.1, 0.15) is 36.5 Å². The smallest absolute Gasteiger partial charge is 0.416 e. The minimum atomic E-state index is -4.76. The number of likely N-dealkylation sites (tertiary alicyclic amines) is 1. The lowest BCUT2D eigenvalue weighted by Gasteiger charge is -2.38. The Kier molecular flexibility index (Phi) is 8.47. The Bertz CT molecular complexity index is 1670. The Morgan fingerprint density at radius 1 is 1.09 bits per heavy atom. The monoisotopic (exact) mass is 638 g/mol. The highest BCUT2D eigenvalue weighted by Gasteiger charge is 2.38. The first-order chi connectivity index (χ1) is 20.2. The molecular weight excluding hydrogens is 612 g/mol. The highest BCUT2D eigenvalue weighted by molar-refractivity contribution is 7.92. The lowest BCUT2D eigenvalue weighted by atomic mass is 10.0. The second-order valence-corrected chi connectivity index (χ2v) is 12.7. The van der Waals surface area contributed by atoms with E-state index in [0.717, 1.165) is 22.5 Å². The molecule has 228 valence electrons. The average molecular weight is 639 g/mol. The van der Waals surface area contributed by atoms with Gasteiger partial charge in [-0.2, -0.15) is 13.2 Å². The van der Waals surface area contributed by atoms with Gasteiger partial charge in [-0.25, -0.2) is 12.8 Å². The molecule has 3 aromatic rings. The van der Waals surface area contributed by atoms with E-state index >= 15 is 0 Å². The second kappa shape index (κ2) is 11.8. The molecule has 0 aliphatic carbocycles. The van der Waals surface area contributed by atoms with Gasteiger partial charge in [0.2, 0.25) is 5.91 Å². The number of halogens is 5. The fraction of sp³-hybridized carbons (Fsp3) is 0.300. The lowest BCUT2D eigenvalue weighted by molar-refractivity contribution is -0.141. The maximum absolute atomic E-state index is 14.5. The van der Waals surface area contributed by atoms with Crippen LogP contribution in [0.2, 0.25) is 5.02 Å². The molecule has 7 nitrogen and oxygen atoms in total. The zero-order valence-electron chi connectivity index (χ0n) is 22.8. The summed E-state index contributed by atoms with van der Waals surface area (Å²) in [5, 5.41) is 9.66. The molecule has 13 heteroatoms. The molecule has 3 aromatic carbocycles. The number of carbonyl (C=O) groups excluding carboxylic acids is 1. The Hall–Kier alpha value is -3.61. The lowest BCUT2D eigenvalue weighted by Crippen LogP contribution is -2.53. The van der Waals surface area contributed by atoms with Gasteiger partial charge in [0.05, 0.1) is 33.8 Å². The molecule has 1 fully saturated rings. The van der Waals surface area contributed by atoms with Gasteiger partial charge in [-0.15, -0.1) is 0 Å². The number of sulfonamides is 1. The number of fused-ring (bicyclic) bond motifs is 1. The molecule has 0 radical (unpaired) electrons. The van der Waals surface area contributed by atoms with Gasteiger partial charge in [-0.3, -0.25) is 9.10 Å². The van der Waals surface area contributed by atoms with Crippen LogP contribution in [-0.2, 0) is 21.0 Å². The van der Waals surface area contributed by atoms with Crippen molar-refractivity contribution in [2.45, 2.75) is 43.0 Å². The van der Waals surface area contributed by atoms with Crippen LogP contribution in [-0.4, -0.2) is 56.2 Å². The molecule has 1 N–H and O–H groups in total. The van der Waals surface area contributed by atoms with Gasteiger partial charge >= 0.3 is 6.18 Å². The molecule has 1 amide bonds. The Morgan fingerprint density at radius 2 is 1.81 bits per heavy atom. The number of aliphatic hydroxyl groups is 1. The minimum absolute atomic E-state index is 0.0214. The van der Waals surface area contributed by atoms with Crippen molar-refractivity contribution in [2.24, 2.45) is 0 Å². The minimum Gasteiger partial charge on any atom is -0.486 e. The van der Waals surface area contributed by atoms with Gasteiger partial charge < -0.3 is 14.7 Å². The third kappa shape index (κ3) is 6.51. The van der Waals surface area contributed by atoms with Crippen LogP contribution < -0.4 is 9.04 Å². The number of nitrogens with zero attached hydrogens (tertiary/aromatic N) is 2. The summed E-state index contributed by atoms with van der Waals surface area (Å²) in [5.74, 6) is -0.617. The third-order valence-electron chi connectivity index (χ3n) is 7.30. The summed E-state index contributed by atoms with van der Waals surface area (Å²) in [7, 11) is -4.53. The molecular formula is C30H27ClF4N2O5S. The summed E-state index contributed by atoms with van der Waals surface area (Å²) in [4.78, 5) is 13.4. The molecule has 2 heterocycles. The summed E-state index contributed by atoms with van der Waals surface area (Å²) >= 11 is 6.20. The number of amides is 1. The summed E-state index contributed by atoms with van der Waals surface area (Å²) in [6, 6.07) is 12.4. The fourth-order valence-electron chi connectivity index (χ4n) is 5.06. The normalized spacial score (nSPS) is 17.7. The first-order valence-electron chi connectivity index (χ1n) is 13.3. The van der Waals surface area contributed by atoms with E-state index in [1.807, 2.05) is 0 Å². The van der Waals surface area contributed by atoms with Crippen molar-refractivity contribution in [3.63, 3.8) is 0 Å². The van der Waals surface area contributed by atoms with Gasteiger partial charge in [0.25, 0.3) is 10.0 Å². The molecule has 2 aliphatic rings. The number of hydrogen-bond donors (Lipinski definition) is 1. The maximum atomic E-state index is 14.5. The highest BCUT2D eigenvalue weighted by Crippen LogP contribution is 2.40. The quantitative estimate of drug-likeness (QED) is 0.254. The number of aliphatic hydroxyl groups excluding tert-OH is 1. The topological polar surface area (TPSA) is 87.2 Å². The van der Waals surface area contributed by atoms with E-state index in [1.54, 1.807) is 19.1 Å². The zero-order chi connectivity index (χ0) is 31.1. The van der Waals surface area contributed by atoms with Crippen LogP contribution in [0, 0.1) is 5.82 Å². The Balaban J connectivity index is 1.51. The molecule has 0 bridgehead atoms. The molecule has 5 rings (SSSR count). The number of rotatable bonds is 7. The van der Waals surface area contributed by atoms with Crippen molar-refractivity contribution in [1.82, 2.24) is 4.90 Å². The van der Waals surface area contributed by atoms with Gasteiger partial charge in [0, 0.05) is 25.1 Å². The van der Waals surface area contributed by atoms with Gasteiger partial charge in [-0.1, -0.05) is 35.9 Å². The predicted octanol–water partition coefficient (Wildman–Crippen LogP) is 6.00. The molecule has 2 aliphatic heterocycles. The highest BCUT2D eigenvalue weighted by atomic mass is 35.5. The van der Waals surface area contributed by atoms with E-state index in [0.29, 0.717) is 17.2 Å². The van der Waals surface area contributed by atoms with Crippen molar-refractivity contribution < 1.29 is 40.6 Å². The van der Waals surface area contributed by atoms with Crippen molar-refractivity contribution >= 4 is 44.9 Å². The van der Waals surface area contributed by atoms with E-state index in [2.05, 4.69) is 0 Å². The van der Waals surface area contributed by atoms with Crippen LogP contribution in [0.15, 0.2) is 65.6 Å². The molecule has 1 atom stereocenters. The van der Waals surface area contributed by atoms with Crippen LogP contribution in [0.25, 0.3) is 11.6 Å². The van der Waals surface area contributed by atoms with E-state index in [4.69, 9.17) is 16.3 Å². The fourth-order valence-corrected chi connectivity index (χ4v) is 6.91. The predicted molar refractivity (Wildman–Crippen MR) is 154 cm³/mol. The molecule has 0 saturated carbocycles. The number of anilines is 1. The largest absolute Gasteiger partial charge is 0.486 e. The molecule has 0 aromatic heterocycles. The molecule has 1 saturated heterocycles. The first kappa shape index (κ1) is 30.8. The molecule has 43 heavy (non-hydrogen) atoms. The zero-order valence-corrected chi connectivity index (χ0v) is 24.4. The summed E-state index contributed by atoms with van der Waals surface area (Å²) in [6.07, 6.45) is -4.36. The number of carbonyl (C=O) groups is 1. The third-order valence-corrected chi connectivity index (χ3v) is 9.39. The first-order valence-corrected chi connectivity index (χ1v) is 15.1. The van der Waals surface area contributed by atoms with E-state index in [1.165, 1.54) is 35.2 Å². The van der Waals surface area contributed by atoms with E-state index in [-0.39, 0.29) is 60.4 Å².